The Bertz CT molecular complexity index is 242. The van der Waals surface area contributed by atoms with Crippen LogP contribution in [0.5, 0.6) is 0 Å². The molecule has 0 atom stereocenters. The molecule has 0 aromatic carbocycles. The maximum absolute atomic E-state index is 9.44. The maximum atomic E-state index is 9.44. The summed E-state index contributed by atoms with van der Waals surface area (Å²) in [6.07, 6.45) is 10.8. The van der Waals surface area contributed by atoms with Gasteiger partial charge in [-0.1, -0.05) is 44.1 Å². The van der Waals surface area contributed by atoms with Gasteiger partial charge in [0.25, 0.3) is 0 Å². The second-order valence-electron chi connectivity index (χ2n) is 4.48. The van der Waals surface area contributed by atoms with Crippen molar-refractivity contribution in [2.24, 2.45) is 0 Å². The first-order valence-corrected chi connectivity index (χ1v) is 6.78. The summed E-state index contributed by atoms with van der Waals surface area (Å²) in [5, 5.41) is 0. The van der Waals surface area contributed by atoms with Gasteiger partial charge in [0.05, 0.1) is 0 Å². The number of carbonyl (C=O) groups excluding carboxylic acids is 1. The molecule has 1 nitrogen and oxygen atoms in total. The van der Waals surface area contributed by atoms with Gasteiger partial charge in [-0.3, -0.25) is 0 Å². The van der Waals surface area contributed by atoms with Crippen molar-refractivity contribution in [1.82, 2.24) is 0 Å². The fraction of sp³-hybridized carbons (Fsp3) is 0.688. The van der Waals surface area contributed by atoms with Gasteiger partial charge in [0.15, 0.2) is 0 Å². The van der Waals surface area contributed by atoms with Crippen LogP contribution in [0.1, 0.15) is 73.6 Å². The smallest absolute Gasteiger partial charge is 0.126 e. The summed E-state index contributed by atoms with van der Waals surface area (Å²) in [6, 6.07) is 0. The van der Waals surface area contributed by atoms with E-state index in [0.29, 0.717) is 0 Å². The van der Waals surface area contributed by atoms with Crippen LogP contribution in [-0.4, -0.2) is 5.78 Å². The van der Waals surface area contributed by atoms with Crippen molar-refractivity contribution < 1.29 is 4.79 Å². The molecule has 0 unspecified atom stereocenters. The molecule has 0 aromatic rings. The van der Waals surface area contributed by atoms with E-state index in [1.807, 2.05) is 0 Å². The Balaban J connectivity index is 0. The van der Waals surface area contributed by atoms with Gasteiger partial charge in [0.2, 0.25) is 0 Å². The topological polar surface area (TPSA) is 17.1 Å². The molecule has 0 saturated heterocycles. The summed E-state index contributed by atoms with van der Waals surface area (Å²) in [5.41, 5.74) is 3.13. The van der Waals surface area contributed by atoms with Crippen LogP contribution in [0.25, 0.3) is 0 Å². The predicted molar refractivity (Wildman–Crippen MR) is 78.3 cm³/mol. The maximum Gasteiger partial charge on any atom is 0.126 e. The average Bonchev–Trinajstić information content (AvgIpc) is 2.26. The van der Waals surface area contributed by atoms with Gasteiger partial charge in [-0.25, -0.2) is 0 Å². The largest absolute Gasteiger partial charge is 0.300 e. The van der Waals surface area contributed by atoms with Crippen LogP contribution in [0, 0.1) is 0 Å². The number of rotatable bonds is 6. The quantitative estimate of drug-likeness (QED) is 0.561. The monoisotopic (exact) mass is 238 g/mol. The molecule has 0 aliphatic carbocycles. The fourth-order valence-electron chi connectivity index (χ4n) is 1.36. The van der Waals surface area contributed by atoms with Crippen molar-refractivity contribution in [2.45, 2.75) is 73.6 Å². The summed E-state index contributed by atoms with van der Waals surface area (Å²) >= 11 is 0. The molecule has 0 spiro atoms. The van der Waals surface area contributed by atoms with E-state index >= 15 is 0 Å². The van der Waals surface area contributed by atoms with Crippen LogP contribution in [-0.2, 0) is 4.79 Å². The number of carbonyl (C=O) groups is 1. The second-order valence-corrected chi connectivity index (χ2v) is 4.48. The molecule has 0 fully saturated rings. The third-order valence-corrected chi connectivity index (χ3v) is 2.46. The van der Waals surface area contributed by atoms with Crippen LogP contribution in [0.15, 0.2) is 23.3 Å². The van der Waals surface area contributed by atoms with Crippen LogP contribution in [0.4, 0.5) is 0 Å². The average molecular weight is 238 g/mol. The Morgan fingerprint density at radius 3 is 1.82 bits per heavy atom. The van der Waals surface area contributed by atoms with E-state index in [-0.39, 0.29) is 5.78 Å². The van der Waals surface area contributed by atoms with Gasteiger partial charge in [-0.05, 0) is 52.9 Å². The molecule has 17 heavy (non-hydrogen) atoms. The van der Waals surface area contributed by atoms with Crippen molar-refractivity contribution in [2.75, 3.05) is 0 Å². The van der Waals surface area contributed by atoms with Crippen molar-refractivity contribution in [3.8, 4) is 0 Å². The van der Waals surface area contributed by atoms with Crippen molar-refractivity contribution in [3.63, 3.8) is 0 Å². The van der Waals surface area contributed by atoms with E-state index in [4.69, 9.17) is 0 Å². The van der Waals surface area contributed by atoms with E-state index in [9.17, 15) is 4.79 Å². The van der Waals surface area contributed by atoms with Gasteiger partial charge in [-0.2, -0.15) is 0 Å². The summed E-state index contributed by atoms with van der Waals surface area (Å²) in [6.45, 7) is 11.9. The number of Topliss-reactive ketones (excluding diaryl/α,β-unsaturated/α-hetero) is 1. The highest BCUT2D eigenvalue weighted by atomic mass is 16.1. The van der Waals surface area contributed by atoms with Crippen LogP contribution in [0.2, 0.25) is 0 Å². The van der Waals surface area contributed by atoms with E-state index < -0.39 is 0 Å². The van der Waals surface area contributed by atoms with Gasteiger partial charge >= 0.3 is 0 Å². The lowest BCUT2D eigenvalue weighted by atomic mass is 10.0. The van der Waals surface area contributed by atoms with E-state index in [1.165, 1.54) is 51.5 Å². The zero-order chi connectivity index (χ0) is 13.7. The first-order valence-electron chi connectivity index (χ1n) is 6.78. The normalized spacial score (nSPS) is 11.9. The zero-order valence-electron chi connectivity index (χ0n) is 12.6. The third-order valence-electron chi connectivity index (χ3n) is 2.46. The van der Waals surface area contributed by atoms with Crippen molar-refractivity contribution in [1.29, 1.82) is 0 Å². The van der Waals surface area contributed by atoms with Gasteiger partial charge in [0.1, 0.15) is 5.78 Å². The number of ketones is 1. The number of hydrogen-bond donors (Lipinski definition) is 0. The lowest BCUT2D eigenvalue weighted by Crippen LogP contribution is -1.81. The van der Waals surface area contributed by atoms with E-state index in [2.05, 4.69) is 39.8 Å². The molecule has 0 aliphatic rings. The third kappa shape index (κ3) is 17.7. The lowest BCUT2D eigenvalue weighted by molar-refractivity contribution is -0.114. The highest BCUT2D eigenvalue weighted by Crippen LogP contribution is 2.12. The SMILES string of the molecule is CC(C)=O.CC/C=C(\CC)CC/C=C(/C)CC. The summed E-state index contributed by atoms with van der Waals surface area (Å²) in [4.78, 5) is 9.44. The molecule has 100 valence electrons. The standard InChI is InChI=1S/C13H24.C3H6O/c1-5-9-13(7-3)11-8-10-12(4)6-2;1-3(2)4/h9-10H,5-8,11H2,1-4H3;1-2H3/b12-10-,13-9+;. The molecular weight excluding hydrogens is 208 g/mol. The lowest BCUT2D eigenvalue weighted by Gasteiger charge is -2.02. The second kappa shape index (κ2) is 13.2. The molecular formula is C16H30O. The summed E-state index contributed by atoms with van der Waals surface area (Å²) in [5.74, 6) is 0.167. The van der Waals surface area contributed by atoms with Crippen LogP contribution < -0.4 is 0 Å². The molecule has 0 aliphatic heterocycles. The number of allylic oxidation sites excluding steroid dienone is 4. The van der Waals surface area contributed by atoms with Gasteiger partial charge in [-0.15, -0.1) is 0 Å². The minimum atomic E-state index is 0.167. The molecule has 1 heteroatoms. The summed E-state index contributed by atoms with van der Waals surface area (Å²) < 4.78 is 0. The molecule has 0 radical (unpaired) electrons. The van der Waals surface area contributed by atoms with E-state index in [1.54, 1.807) is 5.57 Å². The van der Waals surface area contributed by atoms with Gasteiger partial charge in [0, 0.05) is 0 Å². The zero-order valence-corrected chi connectivity index (χ0v) is 12.6. The Morgan fingerprint density at radius 1 is 0.941 bits per heavy atom. The summed E-state index contributed by atoms with van der Waals surface area (Å²) in [7, 11) is 0. The molecule has 0 bridgehead atoms. The Morgan fingerprint density at radius 2 is 1.47 bits per heavy atom. The Labute approximate surface area is 108 Å². The molecule has 0 rings (SSSR count). The molecule has 0 aromatic heterocycles. The molecule has 0 heterocycles. The predicted octanol–water partition coefficient (Wildman–Crippen LogP) is 5.46. The van der Waals surface area contributed by atoms with Crippen molar-refractivity contribution >= 4 is 5.78 Å². The highest BCUT2D eigenvalue weighted by Gasteiger charge is 1.92. The molecule has 0 amide bonds. The van der Waals surface area contributed by atoms with Crippen LogP contribution >= 0.6 is 0 Å². The molecule has 0 N–H and O–H groups in total. The minimum absolute atomic E-state index is 0.167. The Hall–Kier alpha value is -0.850. The Kier molecular flexibility index (Phi) is 14.4. The van der Waals surface area contributed by atoms with Crippen molar-refractivity contribution in [3.05, 3.63) is 23.3 Å². The fourth-order valence-corrected chi connectivity index (χ4v) is 1.36. The highest BCUT2D eigenvalue weighted by molar-refractivity contribution is 5.72. The van der Waals surface area contributed by atoms with Crippen LogP contribution in [0.3, 0.4) is 0 Å². The van der Waals surface area contributed by atoms with E-state index in [0.717, 1.165) is 0 Å². The minimum Gasteiger partial charge on any atom is -0.300 e. The first-order chi connectivity index (χ1) is 7.97. The van der Waals surface area contributed by atoms with Gasteiger partial charge < -0.3 is 4.79 Å². The molecule has 0 saturated carbocycles. The first kappa shape index (κ1) is 18.5. The number of hydrogen-bond acceptors (Lipinski definition) is 1.